The van der Waals surface area contributed by atoms with Crippen molar-refractivity contribution in [2.75, 3.05) is 14.2 Å². The van der Waals surface area contributed by atoms with E-state index in [1.54, 1.807) is 12.0 Å². The molecule has 2 aromatic rings. The molecule has 1 aliphatic carbocycles. The van der Waals surface area contributed by atoms with Crippen LogP contribution in [0.1, 0.15) is 28.8 Å². The van der Waals surface area contributed by atoms with E-state index in [1.807, 2.05) is 24.3 Å². The van der Waals surface area contributed by atoms with E-state index in [-0.39, 0.29) is 22.6 Å². The van der Waals surface area contributed by atoms with E-state index in [0.29, 0.717) is 6.54 Å². The minimum absolute atomic E-state index is 0.175. The normalized spacial score (nSPS) is 14.3. The van der Waals surface area contributed by atoms with Gasteiger partial charge in [-0.3, -0.25) is 4.79 Å². The standard InChI is InChI=1S/C17H20N2O5S/c1-18-25(21,22)16-9-13(11-24-16)17(20)19(14-5-6-14)10-12-3-7-15(23-2)8-4-12/h3-4,7-9,11,14,18H,5-6,10H2,1-2H3. The maximum absolute atomic E-state index is 12.8. The van der Waals surface area contributed by atoms with E-state index in [1.165, 1.54) is 19.4 Å². The van der Waals surface area contributed by atoms with E-state index in [2.05, 4.69) is 4.72 Å². The van der Waals surface area contributed by atoms with Crippen LogP contribution in [0.3, 0.4) is 0 Å². The molecule has 8 heteroatoms. The van der Waals surface area contributed by atoms with Gasteiger partial charge in [-0.2, -0.15) is 0 Å². The van der Waals surface area contributed by atoms with Gasteiger partial charge in [0.1, 0.15) is 12.0 Å². The van der Waals surface area contributed by atoms with Gasteiger partial charge in [0.05, 0.1) is 12.7 Å². The van der Waals surface area contributed by atoms with Crippen LogP contribution in [-0.4, -0.2) is 39.4 Å². The van der Waals surface area contributed by atoms with Crippen LogP contribution in [0, 0.1) is 0 Å². The first-order valence-corrected chi connectivity index (χ1v) is 9.39. The summed E-state index contributed by atoms with van der Waals surface area (Å²) in [5.41, 5.74) is 1.21. The van der Waals surface area contributed by atoms with Crippen LogP contribution in [0.15, 0.2) is 46.1 Å². The lowest BCUT2D eigenvalue weighted by Gasteiger charge is -2.22. The van der Waals surface area contributed by atoms with Crippen molar-refractivity contribution in [1.82, 2.24) is 9.62 Å². The zero-order valence-electron chi connectivity index (χ0n) is 14.1. The van der Waals surface area contributed by atoms with Crippen LogP contribution in [0.4, 0.5) is 0 Å². The van der Waals surface area contributed by atoms with Crippen molar-refractivity contribution in [3.63, 3.8) is 0 Å². The number of furan rings is 1. The Hall–Kier alpha value is -2.32. The van der Waals surface area contributed by atoms with Crippen molar-refractivity contribution in [2.24, 2.45) is 0 Å². The zero-order valence-corrected chi connectivity index (χ0v) is 14.9. The molecule has 7 nitrogen and oxygen atoms in total. The molecule has 1 amide bonds. The first-order valence-electron chi connectivity index (χ1n) is 7.90. The molecule has 1 fully saturated rings. The number of nitrogens with one attached hydrogen (secondary N) is 1. The van der Waals surface area contributed by atoms with Crippen LogP contribution >= 0.6 is 0 Å². The zero-order chi connectivity index (χ0) is 18.0. The Kier molecular flexibility index (Phi) is 4.82. The van der Waals surface area contributed by atoms with Crippen molar-refractivity contribution in [1.29, 1.82) is 0 Å². The molecule has 0 spiro atoms. The van der Waals surface area contributed by atoms with Gasteiger partial charge >= 0.3 is 0 Å². The first-order chi connectivity index (χ1) is 11.9. The molecule has 25 heavy (non-hydrogen) atoms. The number of rotatable bonds is 7. The monoisotopic (exact) mass is 364 g/mol. The minimum Gasteiger partial charge on any atom is -0.497 e. The highest BCUT2D eigenvalue weighted by Crippen LogP contribution is 2.30. The molecule has 1 aromatic heterocycles. The molecule has 0 radical (unpaired) electrons. The third-order valence-corrected chi connectivity index (χ3v) is 5.40. The molecule has 1 heterocycles. The summed E-state index contributed by atoms with van der Waals surface area (Å²) in [6.07, 6.45) is 3.08. The minimum atomic E-state index is -3.71. The van der Waals surface area contributed by atoms with Crippen LogP contribution in [0.25, 0.3) is 0 Å². The Morgan fingerprint density at radius 2 is 2.00 bits per heavy atom. The van der Waals surface area contributed by atoms with Crippen molar-refractivity contribution in [3.8, 4) is 5.75 Å². The SMILES string of the molecule is CNS(=O)(=O)c1cc(C(=O)N(Cc2ccc(OC)cc2)C2CC2)co1. The summed E-state index contributed by atoms with van der Waals surface area (Å²) in [7, 11) is -0.816. The molecular weight excluding hydrogens is 344 g/mol. The Morgan fingerprint density at radius 1 is 1.32 bits per heavy atom. The summed E-state index contributed by atoms with van der Waals surface area (Å²) in [6, 6.07) is 8.95. The van der Waals surface area contributed by atoms with Crippen molar-refractivity contribution < 1.29 is 22.4 Å². The molecule has 3 rings (SSSR count). The van der Waals surface area contributed by atoms with Gasteiger partial charge in [-0.25, -0.2) is 13.1 Å². The second kappa shape index (κ2) is 6.89. The maximum Gasteiger partial charge on any atom is 0.273 e. The van der Waals surface area contributed by atoms with E-state index < -0.39 is 10.0 Å². The second-order valence-corrected chi connectivity index (χ2v) is 7.69. The largest absolute Gasteiger partial charge is 0.497 e. The predicted octanol–water partition coefficient (Wildman–Crippen LogP) is 2.00. The number of carbonyl (C=O) groups is 1. The molecule has 134 valence electrons. The summed E-state index contributed by atoms with van der Waals surface area (Å²) in [4.78, 5) is 14.6. The van der Waals surface area contributed by atoms with Crippen molar-refractivity contribution >= 4 is 15.9 Å². The topological polar surface area (TPSA) is 88.9 Å². The fourth-order valence-electron chi connectivity index (χ4n) is 2.52. The average Bonchev–Trinajstić information content (AvgIpc) is 3.34. The van der Waals surface area contributed by atoms with Crippen LogP contribution in [0.2, 0.25) is 0 Å². The number of hydrogen-bond donors (Lipinski definition) is 1. The number of nitrogens with zero attached hydrogens (tertiary/aromatic N) is 1. The van der Waals surface area contributed by atoms with Crippen LogP contribution in [-0.2, 0) is 16.6 Å². The van der Waals surface area contributed by atoms with E-state index in [4.69, 9.17) is 9.15 Å². The summed E-state index contributed by atoms with van der Waals surface area (Å²) >= 11 is 0. The lowest BCUT2D eigenvalue weighted by molar-refractivity contribution is 0.0729. The first kappa shape index (κ1) is 17.5. The number of ether oxygens (including phenoxy) is 1. The third-order valence-electron chi connectivity index (χ3n) is 4.12. The molecule has 0 bridgehead atoms. The number of methoxy groups -OCH3 is 1. The molecule has 0 saturated heterocycles. The number of amides is 1. The summed E-state index contributed by atoms with van der Waals surface area (Å²) in [5.74, 6) is 0.518. The molecule has 0 unspecified atom stereocenters. The molecule has 1 saturated carbocycles. The number of carbonyl (C=O) groups excluding carboxylic acids is 1. The molecule has 0 atom stereocenters. The Labute approximate surface area is 146 Å². The highest BCUT2D eigenvalue weighted by Gasteiger charge is 2.34. The molecular formula is C17H20N2O5S. The van der Waals surface area contributed by atoms with Crippen LogP contribution < -0.4 is 9.46 Å². The Bertz CT molecular complexity index is 853. The number of hydrogen-bond acceptors (Lipinski definition) is 5. The van der Waals surface area contributed by atoms with Gasteiger partial charge in [0.2, 0.25) is 5.09 Å². The summed E-state index contributed by atoms with van der Waals surface area (Å²) in [6.45, 7) is 0.451. The maximum atomic E-state index is 12.8. The van der Waals surface area contributed by atoms with Crippen LogP contribution in [0.5, 0.6) is 5.75 Å². The smallest absolute Gasteiger partial charge is 0.273 e. The fraction of sp³-hybridized carbons (Fsp3) is 0.353. The van der Waals surface area contributed by atoms with Gasteiger partial charge in [-0.1, -0.05) is 12.1 Å². The van der Waals surface area contributed by atoms with Crippen molar-refractivity contribution in [3.05, 3.63) is 47.7 Å². The molecule has 1 aliphatic rings. The number of sulfonamides is 1. The van der Waals surface area contributed by atoms with Gasteiger partial charge in [0.25, 0.3) is 15.9 Å². The Balaban J connectivity index is 1.79. The number of benzene rings is 1. The van der Waals surface area contributed by atoms with E-state index >= 15 is 0 Å². The van der Waals surface area contributed by atoms with Gasteiger partial charge < -0.3 is 14.1 Å². The summed E-state index contributed by atoms with van der Waals surface area (Å²) in [5, 5.41) is -0.265. The van der Waals surface area contributed by atoms with Gasteiger partial charge in [0, 0.05) is 18.7 Å². The highest BCUT2D eigenvalue weighted by atomic mass is 32.2. The highest BCUT2D eigenvalue weighted by molar-refractivity contribution is 7.89. The third kappa shape index (κ3) is 3.85. The van der Waals surface area contributed by atoms with Gasteiger partial charge in [-0.05, 0) is 37.6 Å². The molecule has 0 aliphatic heterocycles. The quantitative estimate of drug-likeness (QED) is 0.812. The van der Waals surface area contributed by atoms with Gasteiger partial charge in [0.15, 0.2) is 0 Å². The Morgan fingerprint density at radius 3 is 2.56 bits per heavy atom. The lowest BCUT2D eigenvalue weighted by Crippen LogP contribution is -2.32. The lowest BCUT2D eigenvalue weighted by atomic mass is 10.2. The molecule has 1 aromatic carbocycles. The van der Waals surface area contributed by atoms with Gasteiger partial charge in [-0.15, -0.1) is 0 Å². The average molecular weight is 364 g/mol. The second-order valence-electron chi connectivity index (χ2n) is 5.87. The van der Waals surface area contributed by atoms with Crippen molar-refractivity contribution in [2.45, 2.75) is 30.5 Å². The predicted molar refractivity (Wildman–Crippen MR) is 90.8 cm³/mol. The fourth-order valence-corrected chi connectivity index (χ4v) is 3.17. The molecule has 1 N–H and O–H groups in total. The van der Waals surface area contributed by atoms with E-state index in [9.17, 15) is 13.2 Å². The van der Waals surface area contributed by atoms with E-state index in [0.717, 1.165) is 24.2 Å². The summed E-state index contributed by atoms with van der Waals surface area (Å²) < 4.78 is 35.9.